The maximum atomic E-state index is 12.8. The van der Waals surface area contributed by atoms with Gasteiger partial charge in [0.25, 0.3) is 0 Å². The second kappa shape index (κ2) is 9.06. The fourth-order valence-corrected chi connectivity index (χ4v) is 3.96. The van der Waals surface area contributed by atoms with Gasteiger partial charge in [-0.2, -0.15) is 0 Å². The van der Waals surface area contributed by atoms with E-state index < -0.39 is 30.0 Å². The van der Waals surface area contributed by atoms with Crippen LogP contribution in [0.2, 0.25) is 0 Å². The molecule has 0 bridgehead atoms. The van der Waals surface area contributed by atoms with Gasteiger partial charge in [0.2, 0.25) is 5.91 Å². The summed E-state index contributed by atoms with van der Waals surface area (Å²) in [5, 5.41) is 5.96. The molecule has 176 valence electrons. The molecule has 1 heterocycles. The summed E-state index contributed by atoms with van der Waals surface area (Å²) in [4.78, 5) is 24.8. The Balaban J connectivity index is 1.52. The van der Waals surface area contributed by atoms with Crippen LogP contribution in [0.25, 0.3) is 0 Å². The fraction of sp³-hybridized carbons (Fsp3) is 0.667. The average molecular weight is 444 g/mol. The van der Waals surface area contributed by atoms with Crippen molar-refractivity contribution >= 4 is 30.3 Å². The lowest BCUT2D eigenvalue weighted by Crippen LogP contribution is -2.42. The third-order valence-corrected chi connectivity index (χ3v) is 6.50. The van der Waals surface area contributed by atoms with E-state index >= 15 is 0 Å². The molecule has 1 aromatic rings. The molecule has 7 nitrogen and oxygen atoms in total. The van der Waals surface area contributed by atoms with Crippen molar-refractivity contribution in [1.82, 2.24) is 5.32 Å². The molecule has 8 heteroatoms. The zero-order chi connectivity index (χ0) is 23.7. The minimum Gasteiger partial charge on any atom is -0.444 e. The maximum absolute atomic E-state index is 12.8. The summed E-state index contributed by atoms with van der Waals surface area (Å²) in [6.07, 6.45) is 2.56. The zero-order valence-corrected chi connectivity index (χ0v) is 20.4. The second-order valence-electron chi connectivity index (χ2n) is 10.9. The second-order valence-corrected chi connectivity index (χ2v) is 10.9. The Hall–Kier alpha value is -2.06. The fourth-order valence-electron chi connectivity index (χ4n) is 3.96. The van der Waals surface area contributed by atoms with Crippen LogP contribution < -0.4 is 16.1 Å². The Bertz CT molecular complexity index is 825. The first kappa shape index (κ1) is 24.6. The van der Waals surface area contributed by atoms with Crippen molar-refractivity contribution in [3.8, 4) is 0 Å². The predicted molar refractivity (Wildman–Crippen MR) is 126 cm³/mol. The molecular weight excluding hydrogens is 407 g/mol. The maximum Gasteiger partial charge on any atom is 0.494 e. The third-order valence-electron chi connectivity index (χ3n) is 6.50. The van der Waals surface area contributed by atoms with Crippen LogP contribution in [0.5, 0.6) is 0 Å². The Morgan fingerprint density at radius 3 is 2.19 bits per heavy atom. The summed E-state index contributed by atoms with van der Waals surface area (Å²) in [7, 11) is -0.466. The summed E-state index contributed by atoms with van der Waals surface area (Å²) >= 11 is 0. The van der Waals surface area contributed by atoms with Crippen molar-refractivity contribution in [3.05, 3.63) is 24.3 Å². The van der Waals surface area contributed by atoms with Crippen molar-refractivity contribution < 1.29 is 23.6 Å². The van der Waals surface area contributed by atoms with Crippen molar-refractivity contribution in [1.29, 1.82) is 0 Å². The van der Waals surface area contributed by atoms with Crippen LogP contribution in [0, 0.1) is 5.92 Å². The van der Waals surface area contributed by atoms with E-state index in [1.165, 1.54) is 0 Å². The number of hydrogen-bond acceptors (Lipinski definition) is 5. The van der Waals surface area contributed by atoms with Crippen molar-refractivity contribution in [3.63, 3.8) is 0 Å². The molecule has 0 radical (unpaired) electrons. The van der Waals surface area contributed by atoms with Crippen LogP contribution in [-0.2, 0) is 18.8 Å². The molecule has 0 atom stereocenters. The van der Waals surface area contributed by atoms with Crippen molar-refractivity contribution in [2.45, 2.75) is 97.0 Å². The number of benzene rings is 1. The van der Waals surface area contributed by atoms with E-state index in [-0.39, 0.29) is 17.9 Å². The number of amides is 2. The van der Waals surface area contributed by atoms with Gasteiger partial charge in [0.05, 0.1) is 11.2 Å². The van der Waals surface area contributed by atoms with Crippen LogP contribution in [0.1, 0.15) is 74.1 Å². The summed E-state index contributed by atoms with van der Waals surface area (Å²) < 4.78 is 17.6. The van der Waals surface area contributed by atoms with E-state index in [9.17, 15) is 9.59 Å². The standard InChI is InChI=1S/C24H37BN2O5/c1-22(2,3)30-21(29)27-18-13-11-16(12-14-18)20(28)26-19-10-8-9-17(15-19)25-31-23(4,5)24(6,7)32-25/h8-10,15-16,18H,11-14H2,1-7H3,(H,26,28)(H,27,29). The molecule has 2 amide bonds. The van der Waals surface area contributed by atoms with E-state index in [0.717, 1.165) is 36.8 Å². The first-order chi connectivity index (χ1) is 14.8. The quantitative estimate of drug-likeness (QED) is 0.686. The van der Waals surface area contributed by atoms with Gasteiger partial charge in [0.15, 0.2) is 0 Å². The lowest BCUT2D eigenvalue weighted by atomic mass is 9.79. The van der Waals surface area contributed by atoms with Crippen molar-refractivity contribution in [2.75, 3.05) is 5.32 Å². The summed E-state index contributed by atoms with van der Waals surface area (Å²) in [6.45, 7) is 13.6. The highest BCUT2D eigenvalue weighted by Crippen LogP contribution is 2.36. The molecule has 2 N–H and O–H groups in total. The van der Waals surface area contributed by atoms with Crippen LogP contribution >= 0.6 is 0 Å². The first-order valence-corrected chi connectivity index (χ1v) is 11.5. The minimum absolute atomic E-state index is 0.00628. The molecule has 32 heavy (non-hydrogen) atoms. The van der Waals surface area contributed by atoms with Crippen LogP contribution in [0.3, 0.4) is 0 Å². The Morgan fingerprint density at radius 1 is 1.03 bits per heavy atom. The molecule has 2 fully saturated rings. The molecule has 1 saturated heterocycles. The lowest BCUT2D eigenvalue weighted by Gasteiger charge is -2.32. The predicted octanol–water partition coefficient (Wildman–Crippen LogP) is 4.01. The largest absolute Gasteiger partial charge is 0.494 e. The Kier molecular flexibility index (Phi) is 6.96. The molecule has 0 unspecified atom stereocenters. The Labute approximate surface area is 192 Å². The molecule has 3 rings (SSSR count). The number of hydrogen-bond donors (Lipinski definition) is 2. The summed E-state index contributed by atoms with van der Waals surface area (Å²) in [5.41, 5.74) is 0.268. The number of carbonyl (C=O) groups excluding carboxylic acids is 2. The van der Waals surface area contributed by atoms with Gasteiger partial charge in [0.1, 0.15) is 5.60 Å². The molecule has 2 aliphatic rings. The summed E-state index contributed by atoms with van der Waals surface area (Å²) in [6, 6.07) is 7.68. The van der Waals surface area contributed by atoms with Gasteiger partial charge in [0, 0.05) is 17.6 Å². The molecule has 0 aromatic heterocycles. The van der Waals surface area contributed by atoms with Gasteiger partial charge in [-0.1, -0.05) is 12.1 Å². The number of anilines is 1. The van der Waals surface area contributed by atoms with Crippen molar-refractivity contribution in [2.24, 2.45) is 5.92 Å². The van der Waals surface area contributed by atoms with Gasteiger partial charge in [-0.3, -0.25) is 4.79 Å². The number of alkyl carbamates (subject to hydrolysis) is 1. The Morgan fingerprint density at radius 2 is 1.62 bits per heavy atom. The highest BCUT2D eigenvalue weighted by molar-refractivity contribution is 6.62. The molecular formula is C24H37BN2O5. The van der Waals surface area contributed by atoms with Gasteiger partial charge < -0.3 is 24.7 Å². The van der Waals surface area contributed by atoms with Gasteiger partial charge in [-0.05, 0) is 91.7 Å². The SMILES string of the molecule is CC(C)(C)OC(=O)NC1CCC(C(=O)Nc2cccc(B3OC(C)(C)C(C)(C)O3)c2)CC1. The third kappa shape index (κ3) is 6.04. The number of rotatable bonds is 4. The monoisotopic (exact) mass is 444 g/mol. The highest BCUT2D eigenvalue weighted by Gasteiger charge is 2.51. The summed E-state index contributed by atoms with van der Waals surface area (Å²) in [5.74, 6) is -0.0704. The molecule has 1 saturated carbocycles. The average Bonchev–Trinajstić information content (AvgIpc) is 2.88. The van der Waals surface area contributed by atoms with Gasteiger partial charge in [-0.15, -0.1) is 0 Å². The van der Waals surface area contributed by atoms with Crippen LogP contribution in [0.15, 0.2) is 24.3 Å². The molecule has 0 spiro atoms. The van der Waals surface area contributed by atoms with E-state index in [1.807, 2.05) is 72.7 Å². The smallest absolute Gasteiger partial charge is 0.444 e. The zero-order valence-electron chi connectivity index (χ0n) is 20.4. The number of carbonyl (C=O) groups is 2. The first-order valence-electron chi connectivity index (χ1n) is 11.5. The van der Waals surface area contributed by atoms with Gasteiger partial charge in [-0.25, -0.2) is 4.79 Å². The van der Waals surface area contributed by atoms with E-state index in [1.54, 1.807) is 0 Å². The topological polar surface area (TPSA) is 85.9 Å². The lowest BCUT2D eigenvalue weighted by molar-refractivity contribution is -0.120. The van der Waals surface area contributed by atoms with Gasteiger partial charge >= 0.3 is 13.2 Å². The van der Waals surface area contributed by atoms with Crippen LogP contribution in [-0.4, -0.2) is 42.0 Å². The molecule has 1 aromatic carbocycles. The van der Waals surface area contributed by atoms with E-state index in [2.05, 4.69) is 10.6 Å². The number of ether oxygens (including phenoxy) is 1. The molecule has 1 aliphatic heterocycles. The molecule has 1 aliphatic carbocycles. The minimum atomic E-state index is -0.518. The highest BCUT2D eigenvalue weighted by atomic mass is 16.7. The number of nitrogens with one attached hydrogen (secondary N) is 2. The normalized spacial score (nSPS) is 24.7. The van der Waals surface area contributed by atoms with Crippen LogP contribution in [0.4, 0.5) is 10.5 Å². The van der Waals surface area contributed by atoms with E-state index in [0.29, 0.717) is 0 Å². The van der Waals surface area contributed by atoms with E-state index in [4.69, 9.17) is 14.0 Å².